The molecule has 168 valence electrons. The topological polar surface area (TPSA) is 95.9 Å². The number of ether oxygens (including phenoxy) is 1. The number of fused-ring (bicyclic) bond motifs is 1. The van der Waals surface area contributed by atoms with Crippen LogP contribution in [0.1, 0.15) is 44.8 Å². The molecule has 8 heteroatoms. The van der Waals surface area contributed by atoms with E-state index in [2.05, 4.69) is 5.32 Å². The monoisotopic (exact) mass is 464 g/mol. The summed E-state index contributed by atoms with van der Waals surface area (Å²) in [5, 5.41) is 12.6. The molecule has 33 heavy (non-hydrogen) atoms. The number of carboxylic acids is 1. The minimum absolute atomic E-state index is 0.113. The van der Waals surface area contributed by atoms with E-state index in [-0.39, 0.29) is 36.6 Å². The van der Waals surface area contributed by atoms with Crippen LogP contribution in [0.15, 0.2) is 66.7 Å². The van der Waals surface area contributed by atoms with Crippen LogP contribution in [0.4, 0.5) is 5.69 Å². The molecule has 2 amide bonds. The molecule has 2 N–H and O–H groups in total. The van der Waals surface area contributed by atoms with Crippen molar-refractivity contribution in [1.82, 2.24) is 5.32 Å². The van der Waals surface area contributed by atoms with Crippen LogP contribution in [-0.4, -0.2) is 29.5 Å². The summed E-state index contributed by atoms with van der Waals surface area (Å²) in [5.41, 5.74) is 2.51. The second kappa shape index (κ2) is 9.34. The third-order valence-corrected chi connectivity index (χ3v) is 5.68. The summed E-state index contributed by atoms with van der Waals surface area (Å²) >= 11 is 5.97. The summed E-state index contributed by atoms with van der Waals surface area (Å²) in [4.78, 5) is 38.5. The molecule has 0 unspecified atom stereocenters. The van der Waals surface area contributed by atoms with Gasteiger partial charge in [0.05, 0.1) is 29.4 Å². The number of amides is 2. The highest BCUT2D eigenvalue weighted by Crippen LogP contribution is 2.37. The van der Waals surface area contributed by atoms with Crippen molar-refractivity contribution in [1.29, 1.82) is 0 Å². The average Bonchev–Trinajstić information content (AvgIpc) is 2.81. The Kier molecular flexibility index (Phi) is 6.33. The molecule has 3 aromatic carbocycles. The van der Waals surface area contributed by atoms with Crippen LogP contribution < -0.4 is 15.0 Å². The highest BCUT2D eigenvalue weighted by molar-refractivity contribution is 6.30. The summed E-state index contributed by atoms with van der Waals surface area (Å²) in [7, 11) is 0. The quantitative estimate of drug-likeness (QED) is 0.561. The highest BCUT2D eigenvalue weighted by Gasteiger charge is 2.30. The number of aromatic carboxylic acids is 1. The molecule has 1 aliphatic heterocycles. The Morgan fingerprint density at radius 1 is 1.09 bits per heavy atom. The zero-order valence-electron chi connectivity index (χ0n) is 17.7. The van der Waals surface area contributed by atoms with Crippen molar-refractivity contribution in [3.8, 4) is 5.75 Å². The number of para-hydroxylation sites is 1. The molecule has 1 atom stereocenters. The number of anilines is 1. The summed E-state index contributed by atoms with van der Waals surface area (Å²) in [6.07, 6.45) is 0. The molecule has 0 spiro atoms. The first kappa shape index (κ1) is 22.4. The molecule has 0 saturated carbocycles. The number of carbonyl (C=O) groups excluding carboxylic acids is 2. The summed E-state index contributed by atoms with van der Waals surface area (Å²) in [6.45, 7) is 1.96. The summed E-state index contributed by atoms with van der Waals surface area (Å²) in [5.74, 6) is -1.19. The number of nitrogens with one attached hydrogen (secondary N) is 1. The van der Waals surface area contributed by atoms with Gasteiger partial charge in [-0.1, -0.05) is 41.9 Å². The molecule has 7 nitrogen and oxygen atoms in total. The zero-order valence-corrected chi connectivity index (χ0v) is 18.5. The van der Waals surface area contributed by atoms with Crippen LogP contribution >= 0.6 is 11.6 Å². The van der Waals surface area contributed by atoms with Crippen molar-refractivity contribution in [3.63, 3.8) is 0 Å². The van der Waals surface area contributed by atoms with Crippen LogP contribution in [0.25, 0.3) is 0 Å². The maximum Gasteiger partial charge on any atom is 0.335 e. The van der Waals surface area contributed by atoms with Gasteiger partial charge in [0.25, 0.3) is 11.8 Å². The van der Waals surface area contributed by atoms with E-state index in [9.17, 15) is 14.4 Å². The number of rotatable bonds is 6. The van der Waals surface area contributed by atoms with Crippen molar-refractivity contribution in [2.45, 2.75) is 19.5 Å². The summed E-state index contributed by atoms with van der Waals surface area (Å²) < 4.78 is 5.59. The highest BCUT2D eigenvalue weighted by atomic mass is 35.5. The first-order valence-electron chi connectivity index (χ1n) is 10.3. The number of benzene rings is 3. The fourth-order valence-electron chi connectivity index (χ4n) is 3.65. The first-order chi connectivity index (χ1) is 15.8. The van der Waals surface area contributed by atoms with Gasteiger partial charge < -0.3 is 20.1 Å². The van der Waals surface area contributed by atoms with Crippen LogP contribution in [0.3, 0.4) is 0 Å². The minimum Gasteiger partial charge on any atom is -0.482 e. The molecule has 0 fully saturated rings. The second-order valence-electron chi connectivity index (χ2n) is 7.67. The van der Waals surface area contributed by atoms with E-state index >= 15 is 0 Å². The van der Waals surface area contributed by atoms with E-state index in [0.29, 0.717) is 22.0 Å². The van der Waals surface area contributed by atoms with Crippen molar-refractivity contribution >= 4 is 35.1 Å². The van der Waals surface area contributed by atoms with Crippen LogP contribution in [0.2, 0.25) is 5.02 Å². The average molecular weight is 465 g/mol. The lowest BCUT2D eigenvalue weighted by Crippen LogP contribution is -2.40. The van der Waals surface area contributed by atoms with E-state index in [1.54, 1.807) is 54.3 Å². The second-order valence-corrected chi connectivity index (χ2v) is 8.11. The standard InChI is InChI=1S/C25H21ClN2O5/c1-15(17-7-9-18(10-8-17)25(31)32)27-24(30)20-3-2-4-21-23(20)28(22(29)14-33-21)13-16-5-11-19(26)12-6-16/h2-12,15H,13-14H2,1H3,(H,27,30)(H,31,32)/t15-/m0/s1. The van der Waals surface area contributed by atoms with Crippen molar-refractivity contribution in [2.75, 3.05) is 11.5 Å². The number of hydrogen-bond donors (Lipinski definition) is 2. The smallest absolute Gasteiger partial charge is 0.335 e. The molecule has 4 rings (SSSR count). The predicted molar refractivity (Wildman–Crippen MR) is 124 cm³/mol. The summed E-state index contributed by atoms with van der Waals surface area (Å²) in [6, 6.07) is 18.1. The van der Waals surface area contributed by atoms with Gasteiger partial charge in [-0.2, -0.15) is 0 Å². The van der Waals surface area contributed by atoms with E-state index in [0.717, 1.165) is 11.1 Å². The van der Waals surface area contributed by atoms with Gasteiger partial charge in [0.2, 0.25) is 0 Å². The van der Waals surface area contributed by atoms with Gasteiger partial charge in [-0.15, -0.1) is 0 Å². The number of halogens is 1. The Balaban J connectivity index is 1.60. The first-order valence-corrected chi connectivity index (χ1v) is 10.7. The Morgan fingerprint density at radius 2 is 1.79 bits per heavy atom. The van der Waals surface area contributed by atoms with E-state index in [1.165, 1.54) is 12.1 Å². The number of carbonyl (C=O) groups is 3. The Morgan fingerprint density at radius 3 is 2.45 bits per heavy atom. The predicted octanol–water partition coefficient (Wildman–Crippen LogP) is 4.45. The van der Waals surface area contributed by atoms with E-state index < -0.39 is 5.97 Å². The maximum absolute atomic E-state index is 13.2. The van der Waals surface area contributed by atoms with Crippen molar-refractivity contribution < 1.29 is 24.2 Å². The SMILES string of the molecule is C[C@H](NC(=O)c1cccc2c1N(Cc1ccc(Cl)cc1)C(=O)CO2)c1ccc(C(=O)O)cc1. The number of carboxylic acid groups (broad SMARTS) is 1. The van der Waals surface area contributed by atoms with Gasteiger partial charge in [0.1, 0.15) is 5.75 Å². The molecule has 0 saturated heterocycles. The number of nitrogens with zero attached hydrogens (tertiary/aromatic N) is 1. The molecule has 1 heterocycles. The van der Waals surface area contributed by atoms with Gasteiger partial charge in [-0.05, 0) is 54.4 Å². The third-order valence-electron chi connectivity index (χ3n) is 5.42. The largest absolute Gasteiger partial charge is 0.482 e. The fourth-order valence-corrected chi connectivity index (χ4v) is 3.78. The Hall–Kier alpha value is -3.84. The lowest BCUT2D eigenvalue weighted by atomic mass is 10.0. The molecule has 0 bridgehead atoms. The van der Waals surface area contributed by atoms with Crippen LogP contribution in [0, 0.1) is 0 Å². The molecule has 0 aliphatic carbocycles. The lowest BCUT2D eigenvalue weighted by Gasteiger charge is -2.31. The fraction of sp³-hybridized carbons (Fsp3) is 0.160. The van der Waals surface area contributed by atoms with Gasteiger partial charge in [0.15, 0.2) is 6.61 Å². The lowest BCUT2D eigenvalue weighted by molar-refractivity contribution is -0.121. The normalized spacial score (nSPS) is 13.6. The molecular weight excluding hydrogens is 444 g/mol. The Labute approximate surface area is 195 Å². The van der Waals surface area contributed by atoms with Crippen molar-refractivity contribution in [2.24, 2.45) is 0 Å². The molecule has 3 aromatic rings. The van der Waals surface area contributed by atoms with Gasteiger partial charge in [-0.3, -0.25) is 9.59 Å². The maximum atomic E-state index is 13.2. The van der Waals surface area contributed by atoms with E-state index in [4.69, 9.17) is 21.4 Å². The Bertz CT molecular complexity index is 1210. The van der Waals surface area contributed by atoms with Gasteiger partial charge in [0, 0.05) is 5.02 Å². The van der Waals surface area contributed by atoms with Crippen molar-refractivity contribution in [3.05, 3.63) is 94.0 Å². The van der Waals surface area contributed by atoms with Gasteiger partial charge in [-0.25, -0.2) is 4.79 Å². The van der Waals surface area contributed by atoms with E-state index in [1.807, 2.05) is 12.1 Å². The zero-order chi connectivity index (χ0) is 23.5. The molecule has 0 radical (unpaired) electrons. The third kappa shape index (κ3) is 4.83. The molecule has 0 aromatic heterocycles. The minimum atomic E-state index is -1.01. The molecule has 1 aliphatic rings. The molecular formula is C25H21ClN2O5. The van der Waals surface area contributed by atoms with Crippen LogP contribution in [0.5, 0.6) is 5.75 Å². The van der Waals surface area contributed by atoms with Crippen LogP contribution in [-0.2, 0) is 11.3 Å². The van der Waals surface area contributed by atoms with Gasteiger partial charge >= 0.3 is 5.97 Å². The number of hydrogen-bond acceptors (Lipinski definition) is 4.